The maximum Gasteiger partial charge on any atom is 0.494 e. The van der Waals surface area contributed by atoms with Crippen molar-refractivity contribution in [1.82, 2.24) is 4.98 Å². The van der Waals surface area contributed by atoms with E-state index in [-0.39, 0.29) is 19.1 Å². The summed E-state index contributed by atoms with van der Waals surface area (Å²) < 4.78 is 31.5. The summed E-state index contributed by atoms with van der Waals surface area (Å²) in [4.78, 5) is 16.7. The van der Waals surface area contributed by atoms with Gasteiger partial charge in [-0.1, -0.05) is 12.1 Å². The summed E-state index contributed by atoms with van der Waals surface area (Å²) in [5.74, 6) is -0.0284. The first-order chi connectivity index (χ1) is 13.6. The van der Waals surface area contributed by atoms with Crippen LogP contribution in [0.3, 0.4) is 0 Å². The van der Waals surface area contributed by atoms with Gasteiger partial charge in [-0.15, -0.1) is 0 Å². The van der Waals surface area contributed by atoms with Crippen LogP contribution >= 0.6 is 0 Å². The fraction of sp³-hybridized carbons (Fsp3) is 0.429. The number of benzene rings is 1. The van der Waals surface area contributed by atoms with Crippen LogP contribution in [0.4, 0.5) is 10.2 Å². The topological polar surface area (TPSA) is 69.7 Å². The van der Waals surface area contributed by atoms with Crippen molar-refractivity contribution >= 4 is 24.3 Å². The highest BCUT2D eigenvalue weighted by atomic mass is 19.1. The molecule has 2 saturated heterocycles. The molecule has 0 unspecified atom stereocenters. The van der Waals surface area contributed by atoms with Gasteiger partial charge in [0, 0.05) is 11.8 Å². The summed E-state index contributed by atoms with van der Waals surface area (Å²) in [6.45, 7) is 8.01. The van der Waals surface area contributed by atoms with Gasteiger partial charge in [-0.05, 0) is 63.0 Å². The molecule has 1 aromatic heterocycles. The molecule has 0 bridgehead atoms. The third-order valence-corrected chi connectivity index (χ3v) is 5.88. The number of halogens is 1. The quantitative estimate of drug-likeness (QED) is 0.803. The molecule has 0 atom stereocenters. The van der Waals surface area contributed by atoms with Gasteiger partial charge in [-0.25, -0.2) is 9.37 Å². The van der Waals surface area contributed by atoms with Gasteiger partial charge in [-0.3, -0.25) is 4.79 Å². The Bertz CT molecular complexity index is 913. The van der Waals surface area contributed by atoms with Gasteiger partial charge in [0.05, 0.1) is 24.4 Å². The Balaban J connectivity index is 1.45. The first-order valence-electron chi connectivity index (χ1n) is 9.60. The fourth-order valence-electron chi connectivity index (χ4n) is 3.18. The number of ether oxygens (including phenoxy) is 1. The summed E-state index contributed by atoms with van der Waals surface area (Å²) in [6.07, 6.45) is 1.48. The number of rotatable bonds is 4. The van der Waals surface area contributed by atoms with Gasteiger partial charge in [0.1, 0.15) is 5.82 Å². The lowest BCUT2D eigenvalue weighted by Gasteiger charge is -2.34. The predicted molar refractivity (Wildman–Crippen MR) is 108 cm³/mol. The minimum atomic E-state index is -1.51. The van der Waals surface area contributed by atoms with Gasteiger partial charge in [0.2, 0.25) is 0 Å². The van der Waals surface area contributed by atoms with Crippen molar-refractivity contribution in [2.24, 2.45) is 0 Å². The highest BCUT2D eigenvalue weighted by molar-refractivity contribution is 6.62. The minimum absolute atomic E-state index is 0.0186. The molecule has 0 spiro atoms. The molecule has 2 aliphatic heterocycles. The summed E-state index contributed by atoms with van der Waals surface area (Å²) in [5, 5.41) is 2.71. The van der Waals surface area contributed by atoms with Crippen molar-refractivity contribution < 1.29 is 23.2 Å². The standard InChI is InChI=1S/C21H24BFN2O4/c1-19(2)20(3,4)29-22(28-19)16-7-5-14(6-8-16)18(26)25-17-11-15(9-10-24-17)21(23)12-27-13-21/h5-11H,12-13H2,1-4H3,(H,24,25,26). The highest BCUT2D eigenvalue weighted by Gasteiger charge is 2.51. The molecule has 2 aliphatic rings. The molecule has 29 heavy (non-hydrogen) atoms. The van der Waals surface area contributed by atoms with Crippen LogP contribution in [-0.4, -0.2) is 42.4 Å². The van der Waals surface area contributed by atoms with E-state index in [1.165, 1.54) is 6.20 Å². The number of amides is 1. The van der Waals surface area contributed by atoms with E-state index in [1.807, 2.05) is 39.8 Å². The Morgan fingerprint density at radius 3 is 2.24 bits per heavy atom. The molecule has 8 heteroatoms. The van der Waals surface area contributed by atoms with Gasteiger partial charge in [-0.2, -0.15) is 0 Å². The number of anilines is 1. The number of hydrogen-bond donors (Lipinski definition) is 1. The molecule has 0 aliphatic carbocycles. The largest absolute Gasteiger partial charge is 0.494 e. The Morgan fingerprint density at radius 2 is 1.69 bits per heavy atom. The van der Waals surface area contributed by atoms with Crippen molar-refractivity contribution in [3.63, 3.8) is 0 Å². The third-order valence-electron chi connectivity index (χ3n) is 5.88. The van der Waals surface area contributed by atoms with Crippen molar-refractivity contribution in [2.45, 2.75) is 44.6 Å². The average Bonchev–Trinajstić information content (AvgIpc) is 2.87. The molecule has 3 heterocycles. The normalized spacial score (nSPS) is 21.5. The van der Waals surface area contributed by atoms with Crippen molar-refractivity contribution in [3.8, 4) is 0 Å². The van der Waals surface area contributed by atoms with Gasteiger partial charge >= 0.3 is 7.12 Å². The molecule has 1 amide bonds. The molecule has 0 saturated carbocycles. The van der Waals surface area contributed by atoms with E-state index < -0.39 is 24.0 Å². The molecule has 2 fully saturated rings. The second kappa shape index (κ2) is 6.90. The second-order valence-corrected chi connectivity index (χ2v) is 8.55. The molecular formula is C21H24BFN2O4. The Hall–Kier alpha value is -2.29. The first-order valence-corrected chi connectivity index (χ1v) is 9.60. The number of hydrogen-bond acceptors (Lipinski definition) is 5. The SMILES string of the molecule is CC1(C)OB(c2ccc(C(=O)Nc3cc(C4(F)COC4)ccn3)cc2)OC1(C)C. The predicted octanol–water partition coefficient (Wildman–Crippen LogP) is 2.83. The Morgan fingerprint density at radius 1 is 1.07 bits per heavy atom. The third kappa shape index (κ3) is 3.68. The van der Waals surface area contributed by atoms with Crippen LogP contribution < -0.4 is 10.8 Å². The van der Waals surface area contributed by atoms with E-state index in [1.54, 1.807) is 24.3 Å². The lowest BCUT2D eigenvalue weighted by molar-refractivity contribution is -0.135. The zero-order chi connectivity index (χ0) is 20.9. The monoisotopic (exact) mass is 398 g/mol. The fourth-order valence-corrected chi connectivity index (χ4v) is 3.18. The van der Waals surface area contributed by atoms with Gasteiger partial charge in [0.15, 0.2) is 5.67 Å². The zero-order valence-corrected chi connectivity index (χ0v) is 17.0. The maximum atomic E-state index is 14.5. The molecule has 4 rings (SSSR count). The van der Waals surface area contributed by atoms with Crippen molar-refractivity contribution in [1.29, 1.82) is 0 Å². The smallest absolute Gasteiger partial charge is 0.399 e. The highest BCUT2D eigenvalue weighted by Crippen LogP contribution is 2.36. The van der Waals surface area contributed by atoms with Crippen LogP contribution in [0.1, 0.15) is 43.6 Å². The number of pyridine rings is 1. The van der Waals surface area contributed by atoms with Crippen molar-refractivity contribution in [3.05, 3.63) is 53.7 Å². The molecule has 2 aromatic rings. The molecular weight excluding hydrogens is 374 g/mol. The number of carbonyl (C=O) groups excluding carboxylic acids is 1. The maximum absolute atomic E-state index is 14.5. The van der Waals surface area contributed by atoms with E-state index in [0.717, 1.165) is 5.46 Å². The van der Waals surface area contributed by atoms with Crippen molar-refractivity contribution in [2.75, 3.05) is 18.5 Å². The van der Waals surface area contributed by atoms with E-state index in [9.17, 15) is 9.18 Å². The number of aromatic nitrogens is 1. The lowest BCUT2D eigenvalue weighted by atomic mass is 9.79. The Kier molecular flexibility index (Phi) is 4.76. The molecule has 1 aromatic carbocycles. The van der Waals surface area contributed by atoms with Crippen LogP contribution in [-0.2, 0) is 19.7 Å². The van der Waals surface area contributed by atoms with E-state index in [4.69, 9.17) is 14.0 Å². The molecule has 152 valence electrons. The lowest BCUT2D eigenvalue weighted by Crippen LogP contribution is -2.42. The van der Waals surface area contributed by atoms with Crippen LogP contribution in [0, 0.1) is 0 Å². The first kappa shape index (κ1) is 20.0. The van der Waals surface area contributed by atoms with E-state index in [2.05, 4.69) is 10.3 Å². The van der Waals surface area contributed by atoms with E-state index >= 15 is 0 Å². The van der Waals surface area contributed by atoms with E-state index in [0.29, 0.717) is 16.9 Å². The summed E-state index contributed by atoms with van der Waals surface area (Å²) in [6, 6.07) is 10.2. The average molecular weight is 398 g/mol. The molecule has 6 nitrogen and oxygen atoms in total. The van der Waals surface area contributed by atoms with Crippen LogP contribution in [0.2, 0.25) is 0 Å². The number of nitrogens with zero attached hydrogens (tertiary/aromatic N) is 1. The summed E-state index contributed by atoms with van der Waals surface area (Å²) in [5.41, 5.74) is -0.616. The number of alkyl halides is 1. The summed E-state index contributed by atoms with van der Waals surface area (Å²) >= 11 is 0. The molecule has 1 N–H and O–H groups in total. The summed E-state index contributed by atoms with van der Waals surface area (Å²) in [7, 11) is -0.485. The van der Waals surface area contributed by atoms with Crippen LogP contribution in [0.5, 0.6) is 0 Å². The Labute approximate surface area is 169 Å². The second-order valence-electron chi connectivity index (χ2n) is 8.55. The number of carbonyl (C=O) groups is 1. The van der Waals surface area contributed by atoms with Gasteiger partial charge in [0.25, 0.3) is 5.91 Å². The van der Waals surface area contributed by atoms with Crippen LogP contribution in [0.15, 0.2) is 42.6 Å². The number of nitrogens with one attached hydrogen (secondary N) is 1. The van der Waals surface area contributed by atoms with Gasteiger partial charge < -0.3 is 19.4 Å². The minimum Gasteiger partial charge on any atom is -0.399 e. The molecule has 0 radical (unpaired) electrons. The zero-order valence-electron chi connectivity index (χ0n) is 17.0. The van der Waals surface area contributed by atoms with Crippen LogP contribution in [0.25, 0.3) is 0 Å².